The first-order valence-corrected chi connectivity index (χ1v) is 7.47. The average molecular weight is 290 g/mol. The van der Waals surface area contributed by atoms with E-state index in [4.69, 9.17) is 18.0 Å². The van der Waals surface area contributed by atoms with Gasteiger partial charge in [0.15, 0.2) is 0 Å². The van der Waals surface area contributed by atoms with Gasteiger partial charge in [0.05, 0.1) is 4.99 Å². The molecule has 2 atom stereocenters. The number of rotatable bonds is 4. The maximum Gasteiger partial charge on any atom is 0.234 e. The molecule has 4 heteroatoms. The van der Waals surface area contributed by atoms with Crippen LogP contribution in [0.1, 0.15) is 44.6 Å². The van der Waals surface area contributed by atoms with Gasteiger partial charge >= 0.3 is 0 Å². The third-order valence-electron chi connectivity index (χ3n) is 4.25. The molecule has 0 aromatic heterocycles. The second-order valence-electron chi connectivity index (χ2n) is 6.19. The summed E-state index contributed by atoms with van der Waals surface area (Å²) < 4.78 is 0. The van der Waals surface area contributed by atoms with Gasteiger partial charge < -0.3 is 11.1 Å². The molecule has 1 amide bonds. The van der Waals surface area contributed by atoms with Crippen LogP contribution in [0.15, 0.2) is 30.3 Å². The van der Waals surface area contributed by atoms with Crippen LogP contribution in [0, 0.1) is 5.41 Å². The molecule has 1 aromatic carbocycles. The Morgan fingerprint density at radius 2 is 2.05 bits per heavy atom. The van der Waals surface area contributed by atoms with Crippen molar-refractivity contribution >= 4 is 23.1 Å². The van der Waals surface area contributed by atoms with Crippen molar-refractivity contribution in [2.45, 2.75) is 45.1 Å². The van der Waals surface area contributed by atoms with Crippen LogP contribution in [-0.2, 0) is 4.79 Å². The van der Waals surface area contributed by atoms with Gasteiger partial charge in [-0.3, -0.25) is 4.79 Å². The SMILES string of the molecule is CC1(C)CCCC1NC(=O)C(C(N)=S)c1ccccc1. The molecular formula is C16H22N2OS. The molecule has 0 radical (unpaired) electrons. The summed E-state index contributed by atoms with van der Waals surface area (Å²) >= 11 is 5.09. The van der Waals surface area contributed by atoms with Gasteiger partial charge in [0, 0.05) is 6.04 Å². The minimum Gasteiger partial charge on any atom is -0.392 e. The summed E-state index contributed by atoms with van der Waals surface area (Å²) in [7, 11) is 0. The van der Waals surface area contributed by atoms with E-state index < -0.39 is 5.92 Å². The number of hydrogen-bond acceptors (Lipinski definition) is 2. The Labute approximate surface area is 125 Å². The van der Waals surface area contributed by atoms with Crippen molar-refractivity contribution in [3.63, 3.8) is 0 Å². The highest BCUT2D eigenvalue weighted by Crippen LogP contribution is 2.37. The van der Waals surface area contributed by atoms with Crippen LogP contribution in [0.2, 0.25) is 0 Å². The molecule has 2 unspecified atom stereocenters. The van der Waals surface area contributed by atoms with Crippen molar-refractivity contribution in [2.75, 3.05) is 0 Å². The number of nitrogens with two attached hydrogens (primary N) is 1. The van der Waals surface area contributed by atoms with E-state index in [0.717, 1.165) is 24.8 Å². The molecule has 1 saturated carbocycles. The van der Waals surface area contributed by atoms with Gasteiger partial charge in [-0.1, -0.05) is 62.8 Å². The molecule has 0 aliphatic heterocycles. The van der Waals surface area contributed by atoms with Gasteiger partial charge in [0.2, 0.25) is 5.91 Å². The molecule has 3 nitrogen and oxygen atoms in total. The third kappa shape index (κ3) is 3.18. The van der Waals surface area contributed by atoms with Crippen LogP contribution in [0.25, 0.3) is 0 Å². The van der Waals surface area contributed by atoms with Crippen molar-refractivity contribution in [2.24, 2.45) is 11.1 Å². The quantitative estimate of drug-likeness (QED) is 0.838. The Morgan fingerprint density at radius 1 is 1.40 bits per heavy atom. The number of carbonyl (C=O) groups excluding carboxylic acids is 1. The molecule has 0 heterocycles. The number of nitrogens with one attached hydrogen (secondary N) is 1. The van der Waals surface area contributed by atoms with E-state index in [-0.39, 0.29) is 22.4 Å². The molecule has 3 N–H and O–H groups in total. The second-order valence-corrected chi connectivity index (χ2v) is 6.66. The van der Waals surface area contributed by atoms with Crippen LogP contribution in [0.5, 0.6) is 0 Å². The predicted molar refractivity (Wildman–Crippen MR) is 85.5 cm³/mol. The Kier molecular flexibility index (Phi) is 4.43. The molecule has 20 heavy (non-hydrogen) atoms. The second kappa shape index (κ2) is 5.92. The summed E-state index contributed by atoms with van der Waals surface area (Å²) in [5, 5.41) is 3.14. The highest BCUT2D eigenvalue weighted by molar-refractivity contribution is 7.80. The molecule has 0 spiro atoms. The smallest absolute Gasteiger partial charge is 0.234 e. The number of amides is 1. The van der Waals surface area contributed by atoms with Crippen LogP contribution in [0.3, 0.4) is 0 Å². The summed E-state index contributed by atoms with van der Waals surface area (Å²) in [6, 6.07) is 9.70. The van der Waals surface area contributed by atoms with E-state index >= 15 is 0 Å². The van der Waals surface area contributed by atoms with Gasteiger partial charge in [-0.2, -0.15) is 0 Å². The minimum atomic E-state index is -0.539. The topological polar surface area (TPSA) is 55.1 Å². The standard InChI is InChI=1S/C16H22N2OS/c1-16(2)10-6-9-12(16)18-15(19)13(14(17)20)11-7-4-3-5-8-11/h3-5,7-8,12-13H,6,9-10H2,1-2H3,(H2,17,20)(H,18,19). The zero-order valence-electron chi connectivity index (χ0n) is 12.1. The predicted octanol–water partition coefficient (Wildman–Crippen LogP) is 2.75. The number of benzene rings is 1. The van der Waals surface area contributed by atoms with Crippen molar-refractivity contribution < 1.29 is 4.79 Å². The molecule has 1 aromatic rings. The van der Waals surface area contributed by atoms with E-state index in [1.54, 1.807) is 0 Å². The molecule has 108 valence electrons. The molecule has 2 rings (SSSR count). The van der Waals surface area contributed by atoms with Crippen molar-refractivity contribution in [3.8, 4) is 0 Å². The number of carbonyl (C=O) groups is 1. The average Bonchev–Trinajstić information content (AvgIpc) is 2.70. The Hall–Kier alpha value is -1.42. The number of thiocarbonyl (C=S) groups is 1. The fourth-order valence-electron chi connectivity index (χ4n) is 2.94. The molecule has 0 bridgehead atoms. The minimum absolute atomic E-state index is 0.0799. The highest BCUT2D eigenvalue weighted by atomic mass is 32.1. The van der Waals surface area contributed by atoms with E-state index in [1.165, 1.54) is 0 Å². The Morgan fingerprint density at radius 3 is 2.55 bits per heavy atom. The fourth-order valence-corrected chi connectivity index (χ4v) is 3.18. The molecular weight excluding hydrogens is 268 g/mol. The lowest BCUT2D eigenvalue weighted by molar-refractivity contribution is -0.122. The monoisotopic (exact) mass is 290 g/mol. The lowest BCUT2D eigenvalue weighted by Gasteiger charge is -2.29. The summed E-state index contributed by atoms with van der Waals surface area (Å²) in [6.07, 6.45) is 3.32. The zero-order valence-corrected chi connectivity index (χ0v) is 12.9. The van der Waals surface area contributed by atoms with Gasteiger partial charge in [-0.05, 0) is 23.8 Å². The molecule has 0 saturated heterocycles. The van der Waals surface area contributed by atoms with Gasteiger partial charge in [0.25, 0.3) is 0 Å². The normalized spacial score (nSPS) is 22.2. The first-order chi connectivity index (χ1) is 9.42. The van der Waals surface area contributed by atoms with Crippen molar-refractivity contribution in [3.05, 3.63) is 35.9 Å². The van der Waals surface area contributed by atoms with Gasteiger partial charge in [-0.15, -0.1) is 0 Å². The van der Waals surface area contributed by atoms with Crippen molar-refractivity contribution in [1.29, 1.82) is 0 Å². The molecule has 1 aliphatic carbocycles. The summed E-state index contributed by atoms with van der Waals surface area (Å²) in [5.74, 6) is -0.619. The first kappa shape index (κ1) is 15.0. The van der Waals surface area contributed by atoms with E-state index in [0.29, 0.717) is 0 Å². The van der Waals surface area contributed by atoms with Crippen LogP contribution in [0.4, 0.5) is 0 Å². The maximum atomic E-state index is 12.6. The number of hydrogen-bond donors (Lipinski definition) is 2. The largest absolute Gasteiger partial charge is 0.392 e. The lowest BCUT2D eigenvalue weighted by atomic mass is 9.86. The zero-order chi connectivity index (χ0) is 14.8. The molecule has 1 aliphatic rings. The summed E-state index contributed by atoms with van der Waals surface area (Å²) in [6.45, 7) is 4.40. The van der Waals surface area contributed by atoms with Gasteiger partial charge in [-0.25, -0.2) is 0 Å². The van der Waals surface area contributed by atoms with E-state index in [2.05, 4.69) is 19.2 Å². The van der Waals surface area contributed by atoms with Crippen LogP contribution < -0.4 is 11.1 Å². The molecule has 1 fully saturated rings. The fraction of sp³-hybridized carbons (Fsp3) is 0.500. The van der Waals surface area contributed by atoms with Crippen molar-refractivity contribution in [1.82, 2.24) is 5.32 Å². The Balaban J connectivity index is 2.15. The van der Waals surface area contributed by atoms with Gasteiger partial charge in [0.1, 0.15) is 5.92 Å². The van der Waals surface area contributed by atoms with E-state index in [1.807, 2.05) is 30.3 Å². The van der Waals surface area contributed by atoms with E-state index in [9.17, 15) is 4.79 Å². The summed E-state index contributed by atoms with van der Waals surface area (Å²) in [5.41, 5.74) is 6.78. The van der Waals surface area contributed by atoms with Crippen LogP contribution >= 0.6 is 12.2 Å². The Bertz CT molecular complexity index is 498. The first-order valence-electron chi connectivity index (χ1n) is 7.06. The maximum absolute atomic E-state index is 12.6. The lowest BCUT2D eigenvalue weighted by Crippen LogP contribution is -2.45. The summed E-state index contributed by atoms with van der Waals surface area (Å²) in [4.78, 5) is 12.8. The highest BCUT2D eigenvalue weighted by Gasteiger charge is 2.37. The third-order valence-corrected chi connectivity index (χ3v) is 4.49. The van der Waals surface area contributed by atoms with Crippen LogP contribution in [-0.4, -0.2) is 16.9 Å².